The minimum absolute atomic E-state index is 0.0121. The molecule has 0 aliphatic carbocycles. The van der Waals surface area contributed by atoms with Gasteiger partial charge in [0.15, 0.2) is 0 Å². The van der Waals surface area contributed by atoms with Crippen LogP contribution in [0.25, 0.3) is 10.8 Å². The fourth-order valence-electron chi connectivity index (χ4n) is 4.77. The number of nitrogens with one attached hydrogen (secondary N) is 1. The number of nitriles is 1. The first-order valence-electron chi connectivity index (χ1n) is 12.9. The molecule has 2 N–H and O–H groups in total. The Balaban J connectivity index is 1.47. The van der Waals surface area contributed by atoms with Crippen molar-refractivity contribution in [2.24, 2.45) is 7.05 Å². The molecule has 208 valence electrons. The Bertz CT molecular complexity index is 1660. The van der Waals surface area contributed by atoms with Crippen LogP contribution in [-0.2, 0) is 18.4 Å². The van der Waals surface area contributed by atoms with Gasteiger partial charge in [-0.05, 0) is 23.6 Å². The summed E-state index contributed by atoms with van der Waals surface area (Å²) in [6.07, 6.45) is 3.01. The van der Waals surface area contributed by atoms with E-state index in [0.29, 0.717) is 31.1 Å². The molecule has 5 rings (SSSR count). The number of amides is 2. The van der Waals surface area contributed by atoms with Crippen molar-refractivity contribution in [1.82, 2.24) is 24.6 Å². The Labute approximate surface area is 236 Å². The summed E-state index contributed by atoms with van der Waals surface area (Å²) in [5, 5.41) is 28.1. The number of piperazine rings is 1. The van der Waals surface area contributed by atoms with E-state index in [9.17, 15) is 20.0 Å². The highest BCUT2D eigenvalue weighted by atomic mass is 16.5. The second-order valence-corrected chi connectivity index (χ2v) is 9.50. The first-order chi connectivity index (χ1) is 19.9. The van der Waals surface area contributed by atoms with E-state index in [2.05, 4.69) is 33.0 Å². The minimum Gasteiger partial charge on any atom is -0.508 e. The van der Waals surface area contributed by atoms with Crippen LogP contribution >= 0.6 is 0 Å². The Morgan fingerprint density at radius 1 is 1.22 bits per heavy atom. The number of hydrogen-bond donors (Lipinski definition) is 2. The van der Waals surface area contributed by atoms with E-state index in [1.54, 1.807) is 41.0 Å². The molecule has 0 saturated carbocycles. The summed E-state index contributed by atoms with van der Waals surface area (Å²) in [5.74, 6) is -0.340. The van der Waals surface area contributed by atoms with Crippen LogP contribution in [0.15, 0.2) is 67.4 Å². The number of anilines is 2. The van der Waals surface area contributed by atoms with Crippen LogP contribution < -0.4 is 15.0 Å². The number of rotatable bonds is 8. The third-order valence-electron chi connectivity index (χ3n) is 6.88. The quantitative estimate of drug-likeness (QED) is 0.315. The zero-order valence-electron chi connectivity index (χ0n) is 22.4. The van der Waals surface area contributed by atoms with E-state index in [1.165, 1.54) is 12.1 Å². The van der Waals surface area contributed by atoms with Gasteiger partial charge in [-0.1, -0.05) is 30.8 Å². The molecule has 4 aromatic rings. The summed E-state index contributed by atoms with van der Waals surface area (Å²) < 4.78 is 7.54. The monoisotopic (exact) mass is 552 g/mol. The lowest BCUT2D eigenvalue weighted by Crippen LogP contribution is -2.55. The molecule has 1 saturated heterocycles. The topological polar surface area (TPSA) is 150 Å². The Kier molecular flexibility index (Phi) is 7.78. The van der Waals surface area contributed by atoms with E-state index in [-0.39, 0.29) is 42.4 Å². The third kappa shape index (κ3) is 5.94. The van der Waals surface area contributed by atoms with Crippen molar-refractivity contribution in [1.29, 1.82) is 5.26 Å². The van der Waals surface area contributed by atoms with Crippen molar-refractivity contribution < 1.29 is 19.4 Å². The van der Waals surface area contributed by atoms with Crippen LogP contribution in [0.1, 0.15) is 22.6 Å². The number of carbonyl (C=O) groups excluding carboxylic acids is 2. The SMILES string of the molecule is C=CC(=O)N1CCN(c2cc(C(=O)Nc3cc(O)cc4ccccc34)nc(OCc3ccnn3C)n2)C[C@@H]1CC#N. The second kappa shape index (κ2) is 11.7. The molecule has 0 unspecified atom stereocenters. The summed E-state index contributed by atoms with van der Waals surface area (Å²) >= 11 is 0. The van der Waals surface area contributed by atoms with Crippen molar-refractivity contribution >= 4 is 34.1 Å². The van der Waals surface area contributed by atoms with Crippen molar-refractivity contribution in [2.75, 3.05) is 29.9 Å². The maximum atomic E-state index is 13.5. The third-order valence-corrected chi connectivity index (χ3v) is 6.88. The molecule has 2 aromatic heterocycles. The number of hydrogen-bond acceptors (Lipinski definition) is 9. The maximum Gasteiger partial charge on any atom is 0.319 e. The second-order valence-electron chi connectivity index (χ2n) is 9.50. The van der Waals surface area contributed by atoms with Crippen molar-refractivity contribution in [2.45, 2.75) is 19.1 Å². The number of benzene rings is 2. The normalized spacial score (nSPS) is 14.9. The van der Waals surface area contributed by atoms with Crippen molar-refractivity contribution in [3.05, 3.63) is 78.8 Å². The molecule has 0 bridgehead atoms. The van der Waals surface area contributed by atoms with Gasteiger partial charge in [0, 0.05) is 50.4 Å². The van der Waals surface area contributed by atoms with Crippen molar-refractivity contribution in [3.8, 4) is 17.8 Å². The van der Waals surface area contributed by atoms with Gasteiger partial charge < -0.3 is 25.0 Å². The molecule has 2 amide bonds. The first-order valence-corrected chi connectivity index (χ1v) is 12.9. The fourth-order valence-corrected chi connectivity index (χ4v) is 4.77. The zero-order valence-corrected chi connectivity index (χ0v) is 22.4. The van der Waals surface area contributed by atoms with Gasteiger partial charge in [-0.25, -0.2) is 0 Å². The summed E-state index contributed by atoms with van der Waals surface area (Å²) in [5.41, 5.74) is 1.25. The molecule has 3 heterocycles. The number of phenols is 1. The molecule has 2 aromatic carbocycles. The molecule has 1 fully saturated rings. The van der Waals surface area contributed by atoms with Crippen LogP contribution in [0.3, 0.4) is 0 Å². The molecule has 1 atom stereocenters. The number of aryl methyl sites for hydroxylation is 1. The average Bonchev–Trinajstić information content (AvgIpc) is 3.39. The van der Waals surface area contributed by atoms with Gasteiger partial charge in [0.2, 0.25) is 5.91 Å². The van der Waals surface area contributed by atoms with Gasteiger partial charge in [0.25, 0.3) is 5.91 Å². The van der Waals surface area contributed by atoms with E-state index < -0.39 is 5.91 Å². The van der Waals surface area contributed by atoms with Crippen molar-refractivity contribution in [3.63, 3.8) is 0 Å². The Morgan fingerprint density at radius 2 is 2.05 bits per heavy atom. The molecule has 12 nitrogen and oxygen atoms in total. The maximum absolute atomic E-state index is 13.5. The molecule has 1 aliphatic heterocycles. The fraction of sp³-hybridized carbons (Fsp3) is 0.241. The van der Waals surface area contributed by atoms with E-state index in [0.717, 1.165) is 16.5 Å². The summed E-state index contributed by atoms with van der Waals surface area (Å²) in [7, 11) is 1.79. The van der Waals surface area contributed by atoms with Gasteiger partial charge in [-0.2, -0.15) is 20.3 Å². The molecule has 0 radical (unpaired) electrons. The number of aromatic nitrogens is 4. The predicted octanol–water partition coefficient (Wildman–Crippen LogP) is 3.02. The number of ether oxygens (including phenoxy) is 1. The highest BCUT2D eigenvalue weighted by molar-refractivity contribution is 6.09. The molecule has 41 heavy (non-hydrogen) atoms. The zero-order chi connectivity index (χ0) is 28.9. The standard InChI is InChI=1S/C29H28N8O4/c1-3-27(39)37-13-12-36(17-20(37)8-10-30)26-16-25(33-29(34-26)41-18-21-9-11-31-35(21)2)28(40)32-24-15-22(38)14-19-6-4-5-7-23(19)24/h3-7,9,11,14-16,20,38H,1,8,12-13,17-18H2,2H3,(H,32,40)/t20-/m0/s1. The lowest BCUT2D eigenvalue weighted by atomic mass is 10.1. The lowest BCUT2D eigenvalue weighted by Gasteiger charge is -2.40. The van der Waals surface area contributed by atoms with Crippen LogP contribution in [0.2, 0.25) is 0 Å². The summed E-state index contributed by atoms with van der Waals surface area (Å²) in [6, 6.07) is 15.6. The molecular formula is C29H28N8O4. The van der Waals surface area contributed by atoms with Crippen LogP contribution in [0.5, 0.6) is 11.8 Å². The van der Waals surface area contributed by atoms with Gasteiger partial charge in [0.05, 0.1) is 29.9 Å². The highest BCUT2D eigenvalue weighted by Crippen LogP contribution is 2.29. The molecular weight excluding hydrogens is 524 g/mol. The van der Waals surface area contributed by atoms with Gasteiger partial charge >= 0.3 is 6.01 Å². The van der Waals surface area contributed by atoms with E-state index in [1.807, 2.05) is 29.2 Å². The number of fused-ring (bicyclic) bond motifs is 1. The van der Waals surface area contributed by atoms with Gasteiger partial charge in [0.1, 0.15) is 23.9 Å². The smallest absolute Gasteiger partial charge is 0.319 e. The molecule has 1 aliphatic rings. The number of carbonyl (C=O) groups is 2. The van der Waals surface area contributed by atoms with E-state index in [4.69, 9.17) is 4.74 Å². The largest absolute Gasteiger partial charge is 0.508 e. The van der Waals surface area contributed by atoms with E-state index >= 15 is 0 Å². The van der Waals surface area contributed by atoms with Crippen LogP contribution in [-0.4, -0.2) is 67.2 Å². The number of phenolic OH excluding ortho intramolecular Hbond substituents is 1. The minimum atomic E-state index is -0.524. The Hall–Kier alpha value is -5.44. The highest BCUT2D eigenvalue weighted by Gasteiger charge is 2.31. The van der Waals surface area contributed by atoms with Crippen LogP contribution in [0.4, 0.5) is 11.5 Å². The van der Waals surface area contributed by atoms with Gasteiger partial charge in [-0.15, -0.1) is 0 Å². The summed E-state index contributed by atoms with van der Waals surface area (Å²) in [4.78, 5) is 38.3. The summed E-state index contributed by atoms with van der Waals surface area (Å²) in [6.45, 7) is 4.78. The number of nitrogens with zero attached hydrogens (tertiary/aromatic N) is 7. The average molecular weight is 553 g/mol. The van der Waals surface area contributed by atoms with Crippen LogP contribution in [0, 0.1) is 11.3 Å². The lowest BCUT2D eigenvalue weighted by molar-refractivity contribution is -0.128. The van der Waals surface area contributed by atoms with Gasteiger partial charge in [-0.3, -0.25) is 14.3 Å². The molecule has 0 spiro atoms. The predicted molar refractivity (Wildman–Crippen MR) is 151 cm³/mol. The number of aromatic hydroxyl groups is 1. The Morgan fingerprint density at radius 3 is 2.80 bits per heavy atom. The first kappa shape index (κ1) is 27.1. The molecule has 12 heteroatoms.